The number of allylic oxidation sites excluding steroid dienone is 6. The van der Waals surface area contributed by atoms with E-state index in [-0.39, 0.29) is 10.8 Å². The fourth-order valence-corrected chi connectivity index (χ4v) is 5.79. The molecule has 0 aliphatic heterocycles. The molecular weight excluding hydrogens is 468 g/mol. The van der Waals surface area contributed by atoms with Gasteiger partial charge in [-0.15, -0.1) is 12.3 Å². The first-order chi connectivity index (χ1) is 18.1. The highest BCUT2D eigenvalue weighted by Crippen LogP contribution is 2.41. The van der Waals surface area contributed by atoms with Crippen LogP contribution in [-0.4, -0.2) is 0 Å². The van der Waals surface area contributed by atoms with E-state index in [0.717, 1.165) is 37.7 Å². The van der Waals surface area contributed by atoms with Crippen molar-refractivity contribution in [2.75, 3.05) is 0 Å². The van der Waals surface area contributed by atoms with Crippen LogP contribution in [0.4, 0.5) is 0 Å². The average Bonchev–Trinajstić information content (AvgIpc) is 3.22. The summed E-state index contributed by atoms with van der Waals surface area (Å²) in [6, 6.07) is 16.1. The lowest BCUT2D eigenvalue weighted by molar-refractivity contribution is 0.405. The zero-order valence-corrected chi connectivity index (χ0v) is 25.9. The first-order valence-corrected chi connectivity index (χ1v) is 14.6. The van der Waals surface area contributed by atoms with Crippen LogP contribution >= 0.6 is 0 Å². The smallest absolute Gasteiger partial charge is 0.0239 e. The summed E-state index contributed by atoms with van der Waals surface area (Å²) < 4.78 is 0. The van der Waals surface area contributed by atoms with Gasteiger partial charge in [-0.3, -0.25) is 0 Å². The van der Waals surface area contributed by atoms with E-state index in [0.29, 0.717) is 11.8 Å². The summed E-state index contributed by atoms with van der Waals surface area (Å²) in [6.07, 6.45) is 14.9. The van der Waals surface area contributed by atoms with E-state index >= 15 is 0 Å². The number of benzene rings is 2. The van der Waals surface area contributed by atoms with Gasteiger partial charge in [0.25, 0.3) is 0 Å². The Morgan fingerprint density at radius 1 is 0.872 bits per heavy atom. The molecular formula is C39H50. The van der Waals surface area contributed by atoms with Crippen LogP contribution in [0.15, 0.2) is 78.9 Å². The summed E-state index contributed by atoms with van der Waals surface area (Å²) >= 11 is 0. The average molecular weight is 519 g/mol. The van der Waals surface area contributed by atoms with Gasteiger partial charge in [0.2, 0.25) is 0 Å². The lowest BCUT2D eigenvalue weighted by atomic mass is 9.80. The predicted molar refractivity (Wildman–Crippen MR) is 174 cm³/mol. The third-order valence-corrected chi connectivity index (χ3v) is 7.48. The molecule has 1 unspecified atom stereocenters. The molecule has 206 valence electrons. The zero-order valence-electron chi connectivity index (χ0n) is 25.9. The fraction of sp³-hybridized carbons (Fsp3) is 0.436. The summed E-state index contributed by atoms with van der Waals surface area (Å²) in [5.74, 6) is 3.43. The van der Waals surface area contributed by atoms with Crippen molar-refractivity contribution < 1.29 is 0 Å². The molecule has 0 saturated heterocycles. The lowest BCUT2D eigenvalue weighted by Crippen LogP contribution is -2.13. The van der Waals surface area contributed by atoms with Crippen LogP contribution < -0.4 is 0 Å². The zero-order chi connectivity index (χ0) is 29.0. The quantitative estimate of drug-likeness (QED) is 0.274. The highest BCUT2D eigenvalue weighted by Gasteiger charge is 2.25. The molecule has 2 aromatic rings. The minimum atomic E-state index is 0.251. The van der Waals surface area contributed by atoms with E-state index in [1.54, 1.807) is 0 Å². The molecule has 0 nitrogen and oxygen atoms in total. The van der Waals surface area contributed by atoms with Gasteiger partial charge in [-0.2, -0.15) is 0 Å². The SMILES string of the molecule is C#CCCC(=C)c1ccc(C2C=C(C)C=C2[C@H](C)CC(=C)c2cc(CC(C)(C)C)cc(CC(C)(C)C)c2)cc1. The normalized spacial score (nSPS) is 16.3. The monoisotopic (exact) mass is 518 g/mol. The maximum absolute atomic E-state index is 5.44. The van der Waals surface area contributed by atoms with Crippen molar-refractivity contribution in [2.24, 2.45) is 16.7 Å². The van der Waals surface area contributed by atoms with E-state index < -0.39 is 0 Å². The molecule has 0 radical (unpaired) electrons. The Morgan fingerprint density at radius 3 is 1.95 bits per heavy atom. The van der Waals surface area contributed by atoms with E-state index in [1.165, 1.54) is 44.5 Å². The molecule has 2 aromatic carbocycles. The minimum Gasteiger partial charge on any atom is -0.120 e. The van der Waals surface area contributed by atoms with E-state index in [9.17, 15) is 0 Å². The van der Waals surface area contributed by atoms with Gasteiger partial charge in [0, 0.05) is 12.3 Å². The summed E-state index contributed by atoms with van der Waals surface area (Å²) in [5, 5.41) is 0. The summed E-state index contributed by atoms with van der Waals surface area (Å²) in [4.78, 5) is 0. The van der Waals surface area contributed by atoms with Crippen LogP contribution in [0, 0.1) is 29.1 Å². The van der Waals surface area contributed by atoms with Crippen molar-refractivity contribution in [1.29, 1.82) is 0 Å². The molecule has 0 amide bonds. The van der Waals surface area contributed by atoms with Gasteiger partial charge < -0.3 is 0 Å². The number of hydrogen-bond donors (Lipinski definition) is 0. The Labute approximate surface area is 240 Å². The Hall–Kier alpha value is -3.04. The second kappa shape index (κ2) is 12.4. The van der Waals surface area contributed by atoms with Crippen LogP contribution in [0.25, 0.3) is 11.1 Å². The summed E-state index contributed by atoms with van der Waals surface area (Å²) in [7, 11) is 0. The molecule has 0 aromatic heterocycles. The maximum Gasteiger partial charge on any atom is 0.0239 e. The number of terminal acetylenes is 1. The second-order valence-electron chi connectivity index (χ2n) is 14.2. The largest absolute Gasteiger partial charge is 0.120 e. The van der Waals surface area contributed by atoms with Crippen molar-refractivity contribution in [3.63, 3.8) is 0 Å². The highest BCUT2D eigenvalue weighted by molar-refractivity contribution is 5.66. The summed E-state index contributed by atoms with van der Waals surface area (Å²) in [5.41, 5.74) is 12.3. The van der Waals surface area contributed by atoms with Gasteiger partial charge in [0.1, 0.15) is 0 Å². The standard InChI is InChI=1S/C39H50/c1-12-13-14-28(3)33-15-17-34(18-16-33)37-20-27(2)19-36(37)30(5)21-29(4)35-23-31(25-38(6,7)8)22-32(24-35)26-39(9,10)11/h1,15-20,22-24,30,37H,3-4,13-14,21,25-26H2,2,5-11H3/t30-,37?/m1/s1. The van der Waals surface area contributed by atoms with Crippen molar-refractivity contribution in [3.8, 4) is 12.3 Å². The predicted octanol–water partition coefficient (Wildman–Crippen LogP) is 11.0. The van der Waals surface area contributed by atoms with Gasteiger partial charge in [-0.05, 0) is 88.3 Å². The first-order valence-electron chi connectivity index (χ1n) is 14.6. The van der Waals surface area contributed by atoms with E-state index in [2.05, 4.69) is 129 Å². The lowest BCUT2D eigenvalue weighted by Gasteiger charge is -2.24. The van der Waals surface area contributed by atoms with Crippen molar-refractivity contribution in [2.45, 2.75) is 93.4 Å². The molecule has 0 saturated carbocycles. The third kappa shape index (κ3) is 9.00. The van der Waals surface area contributed by atoms with Crippen molar-refractivity contribution in [3.05, 3.63) is 107 Å². The maximum atomic E-state index is 5.44. The third-order valence-electron chi connectivity index (χ3n) is 7.48. The first kappa shape index (κ1) is 30.5. The van der Waals surface area contributed by atoms with Gasteiger partial charge >= 0.3 is 0 Å². The minimum absolute atomic E-state index is 0.251. The van der Waals surface area contributed by atoms with Crippen LogP contribution in [0.5, 0.6) is 0 Å². The molecule has 0 fully saturated rings. The van der Waals surface area contributed by atoms with Crippen molar-refractivity contribution in [1.82, 2.24) is 0 Å². The Morgan fingerprint density at radius 2 is 1.44 bits per heavy atom. The van der Waals surface area contributed by atoms with Crippen LogP contribution in [0.1, 0.15) is 108 Å². The van der Waals surface area contributed by atoms with Crippen LogP contribution in [0.2, 0.25) is 0 Å². The summed E-state index contributed by atoms with van der Waals surface area (Å²) in [6.45, 7) is 27.3. The molecule has 1 aliphatic carbocycles. The molecule has 2 atom stereocenters. The number of rotatable bonds is 10. The van der Waals surface area contributed by atoms with Gasteiger partial charge in [0.05, 0.1) is 0 Å². The molecule has 0 heterocycles. The Balaban J connectivity index is 1.81. The molecule has 0 N–H and O–H groups in total. The molecule has 3 rings (SSSR count). The molecule has 0 bridgehead atoms. The van der Waals surface area contributed by atoms with Crippen LogP contribution in [-0.2, 0) is 12.8 Å². The van der Waals surface area contributed by atoms with Crippen LogP contribution in [0.3, 0.4) is 0 Å². The Kier molecular flexibility index (Phi) is 9.72. The highest BCUT2D eigenvalue weighted by atomic mass is 14.3. The topological polar surface area (TPSA) is 0 Å². The molecule has 39 heavy (non-hydrogen) atoms. The van der Waals surface area contributed by atoms with Gasteiger partial charge in [0.15, 0.2) is 0 Å². The number of hydrogen-bond acceptors (Lipinski definition) is 0. The van der Waals surface area contributed by atoms with Crippen molar-refractivity contribution >= 4 is 11.1 Å². The van der Waals surface area contributed by atoms with Gasteiger partial charge in [-0.1, -0.05) is 127 Å². The second-order valence-corrected chi connectivity index (χ2v) is 14.2. The fourth-order valence-electron chi connectivity index (χ4n) is 5.79. The van der Waals surface area contributed by atoms with Gasteiger partial charge in [-0.25, -0.2) is 0 Å². The molecule has 0 heteroatoms. The molecule has 1 aliphatic rings. The Bertz CT molecular complexity index is 1250. The van der Waals surface area contributed by atoms with E-state index in [1.807, 2.05) is 0 Å². The van der Waals surface area contributed by atoms with E-state index in [4.69, 9.17) is 6.42 Å². The molecule has 0 spiro atoms.